The molecule has 1 atom stereocenters. The molecule has 2 amide bonds. The zero-order valence-corrected chi connectivity index (χ0v) is 16.6. The van der Waals surface area contributed by atoms with Gasteiger partial charge in [0.2, 0.25) is 0 Å². The van der Waals surface area contributed by atoms with E-state index in [2.05, 4.69) is 20.8 Å². The zero-order chi connectivity index (χ0) is 23.7. The maximum atomic E-state index is 13.6. The van der Waals surface area contributed by atoms with Gasteiger partial charge in [-0.25, -0.2) is 4.79 Å². The maximum Gasteiger partial charge on any atom is 0.418 e. The lowest BCUT2D eigenvalue weighted by atomic mass is 9.98. The molecule has 3 rings (SSSR count). The number of rotatable bonds is 4. The fraction of sp³-hybridized carbons (Fsp3) is 0.250. The number of benzene rings is 1. The molecular formula is C20H16F6N4O2. The number of carbonyl (C=O) groups is 1. The van der Waals surface area contributed by atoms with Crippen LogP contribution in [0.5, 0.6) is 0 Å². The number of hydrogen-bond acceptors (Lipinski definition) is 4. The predicted octanol–water partition coefficient (Wildman–Crippen LogP) is 5.64. The van der Waals surface area contributed by atoms with E-state index in [1.54, 1.807) is 6.92 Å². The van der Waals surface area contributed by atoms with Gasteiger partial charge in [-0.2, -0.15) is 26.3 Å². The highest BCUT2D eigenvalue weighted by Gasteiger charge is 2.37. The number of hydrogen-bond donors (Lipinski definition) is 2. The van der Waals surface area contributed by atoms with Gasteiger partial charge in [-0.1, -0.05) is 17.3 Å². The van der Waals surface area contributed by atoms with Gasteiger partial charge in [0, 0.05) is 6.20 Å². The molecule has 0 bridgehead atoms. The van der Waals surface area contributed by atoms with Gasteiger partial charge in [-0.15, -0.1) is 0 Å². The van der Waals surface area contributed by atoms with E-state index in [4.69, 9.17) is 4.52 Å². The van der Waals surface area contributed by atoms with Gasteiger partial charge >= 0.3 is 18.4 Å². The quantitative estimate of drug-likeness (QED) is 0.497. The van der Waals surface area contributed by atoms with Crippen LogP contribution in [0.3, 0.4) is 0 Å². The highest BCUT2D eigenvalue weighted by atomic mass is 19.4. The molecule has 170 valence electrons. The Kier molecular flexibility index (Phi) is 6.15. The Morgan fingerprint density at radius 3 is 2.19 bits per heavy atom. The molecule has 0 unspecified atom stereocenters. The highest BCUT2D eigenvalue weighted by molar-refractivity contribution is 5.90. The first-order chi connectivity index (χ1) is 14.9. The number of urea groups is 1. The summed E-state index contributed by atoms with van der Waals surface area (Å²) in [7, 11) is 0. The largest absolute Gasteiger partial charge is 0.418 e. The van der Waals surface area contributed by atoms with Crippen LogP contribution in [-0.4, -0.2) is 16.2 Å². The molecule has 12 heteroatoms. The maximum absolute atomic E-state index is 13.6. The number of aryl methyl sites for hydroxylation is 2. The number of pyridine rings is 1. The van der Waals surface area contributed by atoms with Gasteiger partial charge in [0.15, 0.2) is 5.76 Å². The molecule has 1 aromatic carbocycles. The van der Waals surface area contributed by atoms with Crippen LogP contribution < -0.4 is 10.6 Å². The second-order valence-electron chi connectivity index (χ2n) is 6.78. The molecule has 0 spiro atoms. The van der Waals surface area contributed by atoms with Crippen LogP contribution in [-0.2, 0) is 12.4 Å². The van der Waals surface area contributed by atoms with E-state index in [0.29, 0.717) is 17.8 Å². The summed E-state index contributed by atoms with van der Waals surface area (Å²) < 4.78 is 84.3. The minimum Gasteiger partial charge on any atom is -0.359 e. The van der Waals surface area contributed by atoms with Crippen LogP contribution in [0.25, 0.3) is 0 Å². The third-order valence-corrected chi connectivity index (χ3v) is 4.54. The first-order valence-electron chi connectivity index (χ1n) is 9.07. The molecule has 0 radical (unpaired) electrons. The van der Waals surface area contributed by atoms with Crippen molar-refractivity contribution < 1.29 is 35.7 Å². The molecule has 3 aromatic rings. The number of carbonyl (C=O) groups excluding carboxylic acids is 1. The standard InChI is InChI=1S/C20H16F6N4O2/c1-10-15(11(2)32-30-10)28-18(31)29-16(12-5-7-13(8-6-12)19(21,22)23)17-14(20(24,25)26)4-3-9-27-17/h3-9,16H,1-2H3,(H2,28,29,31)/t16-/m0/s1. The van der Waals surface area contributed by atoms with Crippen molar-refractivity contribution in [3.8, 4) is 0 Å². The Labute approximate surface area is 177 Å². The van der Waals surface area contributed by atoms with Crippen LogP contribution in [0.4, 0.5) is 36.8 Å². The van der Waals surface area contributed by atoms with E-state index in [-0.39, 0.29) is 17.0 Å². The molecule has 2 N–H and O–H groups in total. The Bertz CT molecular complexity index is 1090. The van der Waals surface area contributed by atoms with E-state index in [1.165, 1.54) is 6.92 Å². The number of alkyl halides is 6. The molecule has 0 aliphatic heterocycles. The third kappa shape index (κ3) is 5.01. The SMILES string of the molecule is Cc1noc(C)c1NC(=O)N[C@@H](c1ccc(C(F)(F)F)cc1)c1ncccc1C(F)(F)F. The lowest BCUT2D eigenvalue weighted by Gasteiger charge is -2.23. The molecule has 0 aliphatic carbocycles. The van der Waals surface area contributed by atoms with Crippen molar-refractivity contribution in [1.29, 1.82) is 0 Å². The molecule has 2 heterocycles. The first-order valence-corrected chi connectivity index (χ1v) is 9.07. The summed E-state index contributed by atoms with van der Waals surface area (Å²) in [5, 5.41) is 8.44. The monoisotopic (exact) mass is 458 g/mol. The lowest BCUT2D eigenvalue weighted by Crippen LogP contribution is -2.35. The predicted molar refractivity (Wildman–Crippen MR) is 101 cm³/mol. The van der Waals surface area contributed by atoms with E-state index >= 15 is 0 Å². The fourth-order valence-corrected chi connectivity index (χ4v) is 3.00. The highest BCUT2D eigenvalue weighted by Crippen LogP contribution is 2.36. The van der Waals surface area contributed by atoms with Crippen LogP contribution in [0.15, 0.2) is 47.1 Å². The minimum absolute atomic E-state index is 0.0314. The number of amides is 2. The summed E-state index contributed by atoms with van der Waals surface area (Å²) in [5.41, 5.74) is -2.19. The van der Waals surface area contributed by atoms with Crippen molar-refractivity contribution in [2.24, 2.45) is 0 Å². The number of aromatic nitrogens is 2. The number of halogens is 6. The normalized spacial score (nSPS) is 13.0. The summed E-state index contributed by atoms with van der Waals surface area (Å²) in [6, 6.07) is 2.81. The summed E-state index contributed by atoms with van der Waals surface area (Å²) in [6.45, 7) is 3.06. The minimum atomic E-state index is -4.81. The second-order valence-corrected chi connectivity index (χ2v) is 6.78. The van der Waals surface area contributed by atoms with E-state index < -0.39 is 41.2 Å². The van der Waals surface area contributed by atoms with Gasteiger partial charge in [0.1, 0.15) is 11.4 Å². The van der Waals surface area contributed by atoms with Gasteiger partial charge in [0.25, 0.3) is 0 Å². The summed E-state index contributed by atoms with van der Waals surface area (Å²) in [6.07, 6.45) is -8.35. The van der Waals surface area contributed by atoms with Crippen LogP contribution >= 0.6 is 0 Å². The van der Waals surface area contributed by atoms with Crippen molar-refractivity contribution >= 4 is 11.7 Å². The molecule has 0 saturated heterocycles. The smallest absolute Gasteiger partial charge is 0.359 e. The number of nitrogens with zero attached hydrogens (tertiary/aromatic N) is 2. The van der Waals surface area contributed by atoms with E-state index in [1.807, 2.05) is 0 Å². The van der Waals surface area contributed by atoms with Crippen molar-refractivity contribution in [3.05, 3.63) is 76.4 Å². The van der Waals surface area contributed by atoms with Crippen molar-refractivity contribution in [3.63, 3.8) is 0 Å². The average molecular weight is 458 g/mol. The number of nitrogens with one attached hydrogen (secondary N) is 2. The molecule has 0 saturated carbocycles. The average Bonchev–Trinajstić information content (AvgIpc) is 3.03. The third-order valence-electron chi connectivity index (χ3n) is 4.54. The van der Waals surface area contributed by atoms with E-state index in [0.717, 1.165) is 30.5 Å². The van der Waals surface area contributed by atoms with Crippen molar-refractivity contribution in [2.45, 2.75) is 32.2 Å². The number of anilines is 1. The van der Waals surface area contributed by atoms with Gasteiger partial charge in [0.05, 0.1) is 22.9 Å². The van der Waals surface area contributed by atoms with E-state index in [9.17, 15) is 31.1 Å². The Hall–Kier alpha value is -3.57. The summed E-state index contributed by atoms with van der Waals surface area (Å²) in [4.78, 5) is 16.3. The van der Waals surface area contributed by atoms with Crippen LogP contribution in [0.1, 0.15) is 39.9 Å². The molecule has 0 fully saturated rings. The van der Waals surface area contributed by atoms with Gasteiger partial charge < -0.3 is 15.2 Å². The van der Waals surface area contributed by atoms with Crippen molar-refractivity contribution in [2.75, 3.05) is 5.32 Å². The van der Waals surface area contributed by atoms with Crippen LogP contribution in [0, 0.1) is 13.8 Å². The molecule has 0 aliphatic rings. The molecular weight excluding hydrogens is 442 g/mol. The van der Waals surface area contributed by atoms with Gasteiger partial charge in [-0.05, 0) is 43.7 Å². The summed E-state index contributed by atoms with van der Waals surface area (Å²) in [5.74, 6) is 0.262. The Morgan fingerprint density at radius 2 is 1.66 bits per heavy atom. The molecule has 6 nitrogen and oxygen atoms in total. The molecule has 32 heavy (non-hydrogen) atoms. The van der Waals surface area contributed by atoms with Crippen LogP contribution in [0.2, 0.25) is 0 Å². The topological polar surface area (TPSA) is 80.0 Å². The summed E-state index contributed by atoms with van der Waals surface area (Å²) >= 11 is 0. The van der Waals surface area contributed by atoms with Crippen molar-refractivity contribution in [1.82, 2.24) is 15.5 Å². The zero-order valence-electron chi connectivity index (χ0n) is 16.6. The fourth-order valence-electron chi connectivity index (χ4n) is 3.00. The first kappa shape index (κ1) is 23.1. The Morgan fingerprint density at radius 1 is 1.00 bits per heavy atom. The lowest BCUT2D eigenvalue weighted by molar-refractivity contribution is -0.139. The molecule has 2 aromatic heterocycles. The Balaban J connectivity index is 2.02. The van der Waals surface area contributed by atoms with Gasteiger partial charge in [-0.3, -0.25) is 4.98 Å². The second kappa shape index (κ2) is 8.52.